The summed E-state index contributed by atoms with van der Waals surface area (Å²) in [6.45, 7) is 0. The monoisotopic (exact) mass is 135 g/mol. The molecule has 1 N–H and O–H groups in total. The molecule has 0 aliphatic heterocycles. The third-order valence-corrected chi connectivity index (χ3v) is 1.41. The third kappa shape index (κ3) is 0.556. The van der Waals surface area contributed by atoms with Crippen molar-refractivity contribution in [3.63, 3.8) is 0 Å². The van der Waals surface area contributed by atoms with Crippen LogP contribution in [0.3, 0.4) is 0 Å². The first-order valence-corrected chi connectivity index (χ1v) is 2.89. The van der Waals surface area contributed by atoms with Gasteiger partial charge in [-0.3, -0.25) is 4.52 Å². The van der Waals surface area contributed by atoms with Crippen LogP contribution < -0.4 is 0 Å². The fourth-order valence-electron chi connectivity index (χ4n) is 0.958. The highest BCUT2D eigenvalue weighted by Gasteiger charge is 1.97. The molecule has 0 bridgehead atoms. The number of aromatic nitrogens is 2. The fraction of sp³-hybridized carbons (Fsp3) is 0. The molecule has 0 aromatic carbocycles. The van der Waals surface area contributed by atoms with E-state index in [9.17, 15) is 4.91 Å². The Bertz CT molecular complexity index is 331. The van der Waals surface area contributed by atoms with E-state index in [1.807, 2.05) is 6.07 Å². The van der Waals surface area contributed by atoms with Crippen LogP contribution in [0.15, 0.2) is 29.7 Å². The maximum absolute atomic E-state index is 10.00. The van der Waals surface area contributed by atoms with Gasteiger partial charge in [0.2, 0.25) is 0 Å². The summed E-state index contributed by atoms with van der Waals surface area (Å²) >= 11 is 0. The standard InChI is InChI=1S/C6H5N3O/c10-8-5-3-6-1-2-7-9(6)4-5/h1-4,7H. The third-order valence-electron chi connectivity index (χ3n) is 1.41. The molecule has 0 spiro atoms. The molecule has 4 nitrogen and oxygen atoms in total. The van der Waals surface area contributed by atoms with Crippen molar-refractivity contribution in [1.82, 2.24) is 9.61 Å². The Balaban J connectivity index is 2.78. The SMILES string of the molecule is O=Nc1cc2cc[nH]n2c1. The summed E-state index contributed by atoms with van der Waals surface area (Å²) in [7, 11) is 0. The zero-order chi connectivity index (χ0) is 6.97. The van der Waals surface area contributed by atoms with Crippen molar-refractivity contribution in [1.29, 1.82) is 0 Å². The molecule has 0 aliphatic rings. The van der Waals surface area contributed by atoms with E-state index in [1.54, 1.807) is 23.0 Å². The Labute approximate surface area is 56.4 Å². The van der Waals surface area contributed by atoms with Crippen LogP contribution in [0.5, 0.6) is 0 Å². The number of nitrogens with zero attached hydrogens (tertiary/aromatic N) is 2. The summed E-state index contributed by atoms with van der Waals surface area (Å²) in [6, 6.07) is 3.58. The number of fused-ring (bicyclic) bond motifs is 1. The maximum atomic E-state index is 10.00. The van der Waals surface area contributed by atoms with Crippen molar-refractivity contribution in [2.24, 2.45) is 5.18 Å². The van der Waals surface area contributed by atoms with Crippen molar-refractivity contribution in [3.8, 4) is 0 Å². The number of aromatic amines is 1. The molecule has 2 heterocycles. The van der Waals surface area contributed by atoms with E-state index in [-0.39, 0.29) is 0 Å². The molecule has 4 heteroatoms. The lowest BCUT2D eigenvalue weighted by atomic mass is 10.5. The molecule has 0 amide bonds. The molecule has 2 aromatic rings. The zero-order valence-corrected chi connectivity index (χ0v) is 5.11. The molecule has 50 valence electrons. The molecule has 0 saturated heterocycles. The van der Waals surface area contributed by atoms with Gasteiger partial charge in [0.1, 0.15) is 5.69 Å². The average Bonchev–Trinajstić information content (AvgIpc) is 2.42. The summed E-state index contributed by atoms with van der Waals surface area (Å²) in [4.78, 5) is 10.00. The van der Waals surface area contributed by atoms with Gasteiger partial charge in [-0.25, -0.2) is 0 Å². The number of rotatable bonds is 1. The van der Waals surface area contributed by atoms with E-state index in [0.29, 0.717) is 5.69 Å². The van der Waals surface area contributed by atoms with E-state index < -0.39 is 0 Å². The number of nitroso groups, excluding NO2 is 1. The number of hydrogen-bond acceptors (Lipinski definition) is 2. The molecule has 0 saturated carbocycles. The van der Waals surface area contributed by atoms with E-state index in [4.69, 9.17) is 0 Å². The highest BCUT2D eigenvalue weighted by molar-refractivity contribution is 5.56. The van der Waals surface area contributed by atoms with Crippen LogP contribution >= 0.6 is 0 Å². The lowest BCUT2D eigenvalue weighted by Crippen LogP contribution is -1.74. The summed E-state index contributed by atoms with van der Waals surface area (Å²) in [5.41, 5.74) is 1.40. The highest BCUT2D eigenvalue weighted by atomic mass is 16.3. The second-order valence-corrected chi connectivity index (χ2v) is 2.05. The molecule has 0 atom stereocenters. The molecule has 10 heavy (non-hydrogen) atoms. The van der Waals surface area contributed by atoms with Crippen molar-refractivity contribution >= 4 is 11.2 Å². The highest BCUT2D eigenvalue weighted by Crippen LogP contribution is 2.15. The average molecular weight is 135 g/mol. The van der Waals surface area contributed by atoms with Gasteiger partial charge >= 0.3 is 0 Å². The molecule has 2 aromatic heterocycles. The van der Waals surface area contributed by atoms with Gasteiger partial charge in [-0.1, -0.05) is 0 Å². The summed E-state index contributed by atoms with van der Waals surface area (Å²) in [6.07, 6.45) is 3.44. The Morgan fingerprint density at radius 3 is 3.20 bits per heavy atom. The van der Waals surface area contributed by atoms with E-state index in [2.05, 4.69) is 10.3 Å². The van der Waals surface area contributed by atoms with Crippen LogP contribution in [0.25, 0.3) is 5.52 Å². The van der Waals surface area contributed by atoms with Gasteiger partial charge in [-0.05, 0) is 17.3 Å². The van der Waals surface area contributed by atoms with Gasteiger partial charge < -0.3 is 5.10 Å². The molecule has 0 unspecified atom stereocenters. The van der Waals surface area contributed by atoms with Crippen molar-refractivity contribution in [3.05, 3.63) is 29.4 Å². The van der Waals surface area contributed by atoms with Gasteiger partial charge in [-0.15, -0.1) is 4.91 Å². The van der Waals surface area contributed by atoms with Crippen molar-refractivity contribution < 1.29 is 0 Å². The predicted molar refractivity (Wildman–Crippen MR) is 37.2 cm³/mol. The van der Waals surface area contributed by atoms with Crippen LogP contribution in [-0.4, -0.2) is 9.61 Å². The lowest BCUT2D eigenvalue weighted by Gasteiger charge is -1.77. The second-order valence-electron chi connectivity index (χ2n) is 2.05. The minimum absolute atomic E-state index is 0.451. The molecular weight excluding hydrogens is 130 g/mol. The molecular formula is C6H5N3O. The van der Waals surface area contributed by atoms with Gasteiger partial charge in [0.05, 0.1) is 11.7 Å². The van der Waals surface area contributed by atoms with Crippen LogP contribution in [0.4, 0.5) is 5.69 Å². The summed E-state index contributed by atoms with van der Waals surface area (Å²) in [5.74, 6) is 0. The largest absolute Gasteiger partial charge is 0.302 e. The Morgan fingerprint density at radius 1 is 1.60 bits per heavy atom. The fourth-order valence-corrected chi connectivity index (χ4v) is 0.958. The topological polar surface area (TPSA) is 49.6 Å². The summed E-state index contributed by atoms with van der Waals surface area (Å²) in [5, 5.41) is 5.68. The smallest absolute Gasteiger partial charge is 0.128 e. The van der Waals surface area contributed by atoms with Gasteiger partial charge in [0.15, 0.2) is 0 Å². The number of hydrogen-bond donors (Lipinski definition) is 1. The van der Waals surface area contributed by atoms with E-state index in [1.165, 1.54) is 0 Å². The quantitative estimate of drug-likeness (QED) is 0.594. The lowest BCUT2D eigenvalue weighted by molar-refractivity contribution is 0.976. The number of nitrogens with one attached hydrogen (secondary N) is 1. The van der Waals surface area contributed by atoms with Crippen LogP contribution in [0.2, 0.25) is 0 Å². The first kappa shape index (κ1) is 5.22. The van der Waals surface area contributed by atoms with E-state index in [0.717, 1.165) is 5.52 Å². The van der Waals surface area contributed by atoms with Crippen molar-refractivity contribution in [2.75, 3.05) is 0 Å². The van der Waals surface area contributed by atoms with Gasteiger partial charge in [0, 0.05) is 6.20 Å². The molecule has 0 radical (unpaired) electrons. The minimum atomic E-state index is 0.451. The van der Waals surface area contributed by atoms with Crippen molar-refractivity contribution in [2.45, 2.75) is 0 Å². The second kappa shape index (κ2) is 1.70. The molecule has 0 aliphatic carbocycles. The predicted octanol–water partition coefficient (Wildman–Crippen LogP) is 1.67. The Kier molecular flexibility index (Phi) is 0.887. The first-order valence-electron chi connectivity index (χ1n) is 2.89. The van der Waals surface area contributed by atoms with Crippen LogP contribution in [0.1, 0.15) is 0 Å². The van der Waals surface area contributed by atoms with Gasteiger partial charge in [0.25, 0.3) is 0 Å². The van der Waals surface area contributed by atoms with Crippen LogP contribution in [-0.2, 0) is 0 Å². The maximum Gasteiger partial charge on any atom is 0.128 e. The van der Waals surface area contributed by atoms with Crippen LogP contribution in [0, 0.1) is 4.91 Å². The number of H-pyrrole nitrogens is 1. The summed E-state index contributed by atoms with van der Waals surface area (Å²) < 4.78 is 1.73. The van der Waals surface area contributed by atoms with Gasteiger partial charge in [-0.2, -0.15) is 0 Å². The van der Waals surface area contributed by atoms with E-state index >= 15 is 0 Å². The first-order chi connectivity index (χ1) is 4.90. The Morgan fingerprint density at radius 2 is 2.50 bits per heavy atom. The Hall–Kier alpha value is -1.58. The molecule has 0 fully saturated rings. The minimum Gasteiger partial charge on any atom is -0.302 e. The zero-order valence-electron chi connectivity index (χ0n) is 5.11. The molecule has 2 rings (SSSR count). The normalized spacial score (nSPS) is 10.4.